The van der Waals surface area contributed by atoms with E-state index in [-0.39, 0.29) is 19.6 Å². The molecule has 39 heavy (non-hydrogen) atoms. The molecule has 10 nitrogen and oxygen atoms in total. The zero-order valence-electron chi connectivity index (χ0n) is 21.3. The van der Waals surface area contributed by atoms with Gasteiger partial charge in [0.1, 0.15) is 18.5 Å². The van der Waals surface area contributed by atoms with E-state index in [0.29, 0.717) is 16.3 Å². The number of hydrogen-bond donors (Lipinski definition) is 1. The highest BCUT2D eigenvalue weighted by molar-refractivity contribution is 8.15. The molecule has 15 heteroatoms. The van der Waals surface area contributed by atoms with Crippen molar-refractivity contribution >= 4 is 30.7 Å². The van der Waals surface area contributed by atoms with E-state index < -0.39 is 48.4 Å². The van der Waals surface area contributed by atoms with Crippen molar-refractivity contribution in [1.29, 1.82) is 0 Å². The average Bonchev–Trinajstić information content (AvgIpc) is 3.13. The first-order chi connectivity index (χ1) is 18.3. The van der Waals surface area contributed by atoms with Crippen molar-refractivity contribution in [3.8, 4) is 5.75 Å². The van der Waals surface area contributed by atoms with Gasteiger partial charge in [-0.2, -0.15) is 13.2 Å². The lowest BCUT2D eigenvalue weighted by Gasteiger charge is -2.25. The van der Waals surface area contributed by atoms with Gasteiger partial charge in [0, 0.05) is 7.11 Å². The molecular formula is C24H28F3N2O8PS. The fourth-order valence-electron chi connectivity index (χ4n) is 3.53. The van der Waals surface area contributed by atoms with E-state index in [4.69, 9.17) is 28.9 Å². The van der Waals surface area contributed by atoms with Crippen molar-refractivity contribution in [2.24, 2.45) is 5.84 Å². The van der Waals surface area contributed by atoms with Gasteiger partial charge >= 0.3 is 19.2 Å². The first-order valence-corrected chi connectivity index (χ1v) is 14.0. The lowest BCUT2D eigenvalue weighted by molar-refractivity contribution is -0.138. The molecule has 4 atom stereocenters. The van der Waals surface area contributed by atoms with Gasteiger partial charge in [0.2, 0.25) is 0 Å². The summed E-state index contributed by atoms with van der Waals surface area (Å²) >= 11 is 0.854. The van der Waals surface area contributed by atoms with Gasteiger partial charge in [-0.05, 0) is 67.4 Å². The number of hydrazine groups is 1. The number of carbonyl (C=O) groups is 2. The molecule has 2 aromatic carbocycles. The summed E-state index contributed by atoms with van der Waals surface area (Å²) < 4.78 is 78.4. The zero-order chi connectivity index (χ0) is 28.8. The summed E-state index contributed by atoms with van der Waals surface area (Å²) in [5.74, 6) is 5.35. The molecule has 2 aromatic rings. The maximum atomic E-state index is 13.0. The molecule has 1 fully saturated rings. The number of rotatable bonds is 13. The smallest absolute Gasteiger partial charge is 0.476 e. The fraction of sp³-hybridized carbons (Fsp3) is 0.417. The van der Waals surface area contributed by atoms with E-state index in [2.05, 4.69) is 0 Å². The van der Waals surface area contributed by atoms with Crippen LogP contribution in [0.25, 0.3) is 0 Å². The van der Waals surface area contributed by atoms with Crippen molar-refractivity contribution in [3.05, 3.63) is 65.2 Å². The number of halogens is 3. The lowest BCUT2D eigenvalue weighted by Crippen LogP contribution is -2.37. The van der Waals surface area contributed by atoms with Crippen LogP contribution in [0.1, 0.15) is 36.6 Å². The number of benzene rings is 2. The molecule has 3 rings (SSSR count). The maximum Gasteiger partial charge on any atom is 0.476 e. The van der Waals surface area contributed by atoms with Crippen LogP contribution < -0.4 is 10.6 Å². The molecule has 2 N–H and O–H groups in total. The minimum Gasteiger partial charge on any atom is -0.491 e. The summed E-state index contributed by atoms with van der Waals surface area (Å²) in [7, 11) is -2.77. The SMILES string of the molecule is CCOP(=O)(OC)OC(C)OC(COc1ccc(CC2SC(=O)N(N)C2=O)cc1)c1ccc(C(F)(F)F)cc1. The number of amides is 2. The van der Waals surface area contributed by atoms with Gasteiger partial charge < -0.3 is 9.47 Å². The molecule has 4 unspecified atom stereocenters. The third kappa shape index (κ3) is 8.52. The Morgan fingerprint density at radius 2 is 1.74 bits per heavy atom. The van der Waals surface area contributed by atoms with Gasteiger partial charge in [-0.3, -0.25) is 23.2 Å². The first kappa shape index (κ1) is 31.1. The van der Waals surface area contributed by atoms with Crippen LogP contribution in [0.4, 0.5) is 18.0 Å². The third-order valence-electron chi connectivity index (χ3n) is 5.45. The molecular weight excluding hydrogens is 564 g/mol. The van der Waals surface area contributed by atoms with Crippen LogP contribution in [0.15, 0.2) is 48.5 Å². The molecule has 214 valence electrons. The summed E-state index contributed by atoms with van der Waals surface area (Å²) in [4.78, 5) is 23.6. The zero-order valence-corrected chi connectivity index (χ0v) is 23.0. The van der Waals surface area contributed by atoms with Gasteiger partial charge in [-0.1, -0.05) is 24.3 Å². The van der Waals surface area contributed by atoms with Crippen molar-refractivity contribution in [1.82, 2.24) is 5.01 Å². The Morgan fingerprint density at radius 1 is 1.10 bits per heavy atom. The van der Waals surface area contributed by atoms with Crippen molar-refractivity contribution in [3.63, 3.8) is 0 Å². The van der Waals surface area contributed by atoms with Crippen LogP contribution in [0.2, 0.25) is 0 Å². The second kappa shape index (κ2) is 13.3. The van der Waals surface area contributed by atoms with Gasteiger partial charge in [-0.15, -0.1) is 0 Å². The largest absolute Gasteiger partial charge is 0.491 e. The summed E-state index contributed by atoms with van der Waals surface area (Å²) in [6, 6.07) is 11.0. The van der Waals surface area contributed by atoms with E-state index >= 15 is 0 Å². The number of phosphoric acid groups is 1. The summed E-state index contributed by atoms with van der Waals surface area (Å²) in [5.41, 5.74) is 0.288. The van der Waals surface area contributed by atoms with E-state index in [1.807, 2.05) is 0 Å². The Bertz CT molecular complexity index is 1180. The minimum atomic E-state index is -4.51. The maximum absolute atomic E-state index is 13.0. The van der Waals surface area contributed by atoms with Crippen LogP contribution in [0.3, 0.4) is 0 Å². The van der Waals surface area contributed by atoms with Gasteiger partial charge in [-0.25, -0.2) is 15.4 Å². The Hall–Kier alpha value is -2.45. The highest BCUT2D eigenvalue weighted by Crippen LogP contribution is 2.50. The van der Waals surface area contributed by atoms with E-state index in [1.54, 1.807) is 31.2 Å². The lowest BCUT2D eigenvalue weighted by atomic mass is 10.1. The number of alkyl halides is 3. The van der Waals surface area contributed by atoms with Crippen LogP contribution in [0, 0.1) is 0 Å². The number of phosphoric ester groups is 1. The monoisotopic (exact) mass is 592 g/mol. The summed E-state index contributed by atoms with van der Waals surface area (Å²) in [6.45, 7) is 2.94. The molecule has 0 aliphatic carbocycles. The molecule has 1 aliphatic heterocycles. The molecule has 0 saturated carbocycles. The van der Waals surface area contributed by atoms with Crippen molar-refractivity contribution in [2.45, 2.75) is 44.1 Å². The van der Waals surface area contributed by atoms with Crippen LogP contribution in [0.5, 0.6) is 5.75 Å². The normalized spacial score (nSPS) is 19.2. The Balaban J connectivity index is 1.70. The second-order valence-electron chi connectivity index (χ2n) is 8.20. The molecule has 1 aliphatic rings. The third-order valence-corrected chi connectivity index (χ3v) is 8.08. The summed E-state index contributed by atoms with van der Waals surface area (Å²) in [6.07, 6.45) is -6.30. The average molecular weight is 593 g/mol. The molecule has 0 aromatic heterocycles. The van der Waals surface area contributed by atoms with E-state index in [0.717, 1.165) is 36.6 Å². The van der Waals surface area contributed by atoms with Gasteiger partial charge in [0.15, 0.2) is 6.29 Å². The summed E-state index contributed by atoms with van der Waals surface area (Å²) in [5, 5.41) is -0.535. The predicted octanol–water partition coefficient (Wildman–Crippen LogP) is 5.48. The number of nitrogens with two attached hydrogens (primary N) is 1. The molecule has 1 heterocycles. The number of ether oxygens (including phenoxy) is 2. The number of nitrogens with zero attached hydrogens (tertiary/aromatic N) is 1. The van der Waals surface area contributed by atoms with Crippen LogP contribution >= 0.6 is 19.6 Å². The topological polar surface area (TPSA) is 127 Å². The fourth-order valence-corrected chi connectivity index (χ4v) is 5.45. The quantitative estimate of drug-likeness (QED) is 0.138. The molecule has 0 spiro atoms. The van der Waals surface area contributed by atoms with Gasteiger partial charge in [0.05, 0.1) is 17.4 Å². The van der Waals surface area contributed by atoms with Crippen LogP contribution in [-0.2, 0) is 40.3 Å². The van der Waals surface area contributed by atoms with Gasteiger partial charge in [0.25, 0.3) is 5.91 Å². The number of carbonyl (C=O) groups excluding carboxylic acids is 2. The number of thioether (sulfide) groups is 1. The van der Waals surface area contributed by atoms with Crippen LogP contribution in [-0.4, -0.2) is 48.0 Å². The highest BCUT2D eigenvalue weighted by atomic mass is 32.2. The number of hydrogen-bond acceptors (Lipinski definition) is 10. The second-order valence-corrected chi connectivity index (χ2v) is 11.1. The van der Waals surface area contributed by atoms with E-state index in [9.17, 15) is 27.3 Å². The minimum absolute atomic E-state index is 0.0493. The highest BCUT2D eigenvalue weighted by Gasteiger charge is 2.38. The molecule has 2 amide bonds. The molecule has 0 bridgehead atoms. The Labute approximate surface area is 227 Å². The molecule has 0 radical (unpaired) electrons. The standard InChI is InChI=1S/C24H28F3N2O8PS/c1-4-35-38(32,33-3)37-15(2)36-20(17-7-9-18(10-8-17)24(25,26)27)14-34-19-11-5-16(6-12-19)13-21-22(30)29(28)23(31)39-21/h5-12,15,20-21H,4,13-14,28H2,1-3H3. The molecule has 1 saturated heterocycles. The van der Waals surface area contributed by atoms with Crippen molar-refractivity contribution < 1.29 is 50.4 Å². The predicted molar refractivity (Wildman–Crippen MR) is 136 cm³/mol. The first-order valence-electron chi connectivity index (χ1n) is 11.7. The Kier molecular flexibility index (Phi) is 10.6. The Morgan fingerprint density at radius 3 is 2.26 bits per heavy atom. The van der Waals surface area contributed by atoms with Crippen molar-refractivity contribution in [2.75, 3.05) is 20.3 Å². The number of imide groups is 1. The van der Waals surface area contributed by atoms with E-state index in [1.165, 1.54) is 19.1 Å².